The van der Waals surface area contributed by atoms with Crippen LogP contribution in [0, 0.1) is 0 Å². The summed E-state index contributed by atoms with van der Waals surface area (Å²) in [5, 5.41) is 4.90. The number of nitrogens with one attached hydrogen (secondary N) is 2. The number of H-pyrrole nitrogens is 1. The molecule has 0 saturated carbocycles. The fraction of sp³-hybridized carbons (Fsp3) is 0.381. The van der Waals surface area contributed by atoms with Gasteiger partial charge in [0, 0.05) is 33.6 Å². The molecule has 0 fully saturated rings. The standard InChI is InChI=1S/C21H21Cl2N3O2S2/c22-13-5-4-12(15(23)10-13)6-8-24-18(27)7-9-29-11-17-25-20(28)19-14-2-1-3-16(14)30-21(19)26-17/h4-5,10H,1-3,6-9,11H2,(H,24,27)(H,25,26,28). The lowest BCUT2D eigenvalue weighted by atomic mass is 10.1. The molecule has 30 heavy (non-hydrogen) atoms. The van der Waals surface area contributed by atoms with Gasteiger partial charge in [-0.05, 0) is 48.9 Å². The zero-order valence-electron chi connectivity index (χ0n) is 16.2. The van der Waals surface area contributed by atoms with Gasteiger partial charge in [-0.2, -0.15) is 11.8 Å². The van der Waals surface area contributed by atoms with Gasteiger partial charge in [-0.3, -0.25) is 9.59 Å². The number of carbonyl (C=O) groups is 1. The maximum absolute atomic E-state index is 12.5. The number of aromatic nitrogens is 2. The number of amides is 1. The summed E-state index contributed by atoms with van der Waals surface area (Å²) in [4.78, 5) is 34.2. The van der Waals surface area contributed by atoms with Crippen LogP contribution in [0.2, 0.25) is 10.0 Å². The van der Waals surface area contributed by atoms with Gasteiger partial charge in [0.05, 0.1) is 11.1 Å². The first kappa shape index (κ1) is 21.7. The molecule has 0 atom stereocenters. The predicted molar refractivity (Wildman–Crippen MR) is 126 cm³/mol. The summed E-state index contributed by atoms with van der Waals surface area (Å²) in [7, 11) is 0. The third kappa shape index (κ3) is 5.02. The Morgan fingerprint density at radius 1 is 1.30 bits per heavy atom. The molecule has 2 N–H and O–H groups in total. The maximum Gasteiger partial charge on any atom is 0.259 e. The van der Waals surface area contributed by atoms with E-state index >= 15 is 0 Å². The molecule has 5 nitrogen and oxygen atoms in total. The van der Waals surface area contributed by atoms with E-state index in [-0.39, 0.29) is 11.5 Å². The Balaban J connectivity index is 1.21. The van der Waals surface area contributed by atoms with Gasteiger partial charge in [-0.15, -0.1) is 11.3 Å². The van der Waals surface area contributed by atoms with Crippen molar-refractivity contribution in [2.75, 3.05) is 12.3 Å². The lowest BCUT2D eigenvalue weighted by molar-refractivity contribution is -0.120. The number of carbonyl (C=O) groups excluding carboxylic acids is 1. The lowest BCUT2D eigenvalue weighted by Crippen LogP contribution is -2.26. The van der Waals surface area contributed by atoms with Crippen LogP contribution in [0.5, 0.6) is 0 Å². The third-order valence-corrected chi connectivity index (χ3v) is 7.81. The molecule has 0 bridgehead atoms. The zero-order chi connectivity index (χ0) is 21.1. The number of nitrogens with zero attached hydrogens (tertiary/aromatic N) is 1. The molecule has 1 amide bonds. The lowest BCUT2D eigenvalue weighted by Gasteiger charge is -2.07. The molecule has 4 rings (SSSR count). The first-order valence-corrected chi connectivity index (χ1v) is 12.6. The zero-order valence-corrected chi connectivity index (χ0v) is 19.4. The van der Waals surface area contributed by atoms with Crippen molar-refractivity contribution in [1.82, 2.24) is 15.3 Å². The van der Waals surface area contributed by atoms with E-state index in [9.17, 15) is 9.59 Å². The maximum atomic E-state index is 12.5. The minimum Gasteiger partial charge on any atom is -0.356 e. The van der Waals surface area contributed by atoms with Crippen molar-refractivity contribution in [2.45, 2.75) is 37.9 Å². The van der Waals surface area contributed by atoms with E-state index in [0.29, 0.717) is 46.8 Å². The van der Waals surface area contributed by atoms with Gasteiger partial charge in [0.25, 0.3) is 5.56 Å². The fourth-order valence-electron chi connectivity index (χ4n) is 3.60. The fourth-order valence-corrected chi connectivity index (χ4v) is 6.19. The van der Waals surface area contributed by atoms with E-state index in [0.717, 1.165) is 35.0 Å². The third-order valence-electron chi connectivity index (χ3n) is 5.07. The van der Waals surface area contributed by atoms with Gasteiger partial charge in [-0.1, -0.05) is 29.3 Å². The van der Waals surface area contributed by atoms with Crippen molar-refractivity contribution in [2.24, 2.45) is 0 Å². The molecule has 0 spiro atoms. The topological polar surface area (TPSA) is 74.8 Å². The quantitative estimate of drug-likeness (QED) is 0.454. The normalized spacial score (nSPS) is 13.0. The Labute approximate surface area is 192 Å². The Hall–Kier alpha value is -1.54. The van der Waals surface area contributed by atoms with Crippen molar-refractivity contribution >= 4 is 62.4 Å². The largest absolute Gasteiger partial charge is 0.356 e. The van der Waals surface area contributed by atoms with Crippen LogP contribution in [-0.2, 0) is 29.8 Å². The molecule has 0 saturated heterocycles. The van der Waals surface area contributed by atoms with Gasteiger partial charge < -0.3 is 10.3 Å². The van der Waals surface area contributed by atoms with E-state index in [1.807, 2.05) is 6.07 Å². The molecule has 9 heteroatoms. The first-order valence-electron chi connectivity index (χ1n) is 9.83. The van der Waals surface area contributed by atoms with Crippen molar-refractivity contribution in [3.63, 3.8) is 0 Å². The summed E-state index contributed by atoms with van der Waals surface area (Å²) in [6.07, 6.45) is 4.24. The number of thiophene rings is 1. The van der Waals surface area contributed by atoms with Crippen molar-refractivity contribution < 1.29 is 4.79 Å². The number of benzene rings is 1. The van der Waals surface area contributed by atoms with Gasteiger partial charge >= 0.3 is 0 Å². The molecular formula is C21H21Cl2N3O2S2. The molecule has 1 aromatic carbocycles. The molecule has 3 aromatic rings. The highest BCUT2D eigenvalue weighted by molar-refractivity contribution is 7.98. The monoisotopic (exact) mass is 481 g/mol. The Morgan fingerprint density at radius 2 is 2.17 bits per heavy atom. The number of aromatic amines is 1. The molecule has 1 aliphatic carbocycles. The van der Waals surface area contributed by atoms with Crippen LogP contribution in [0.15, 0.2) is 23.0 Å². The van der Waals surface area contributed by atoms with Gasteiger partial charge in [0.1, 0.15) is 10.7 Å². The predicted octanol–water partition coefficient (Wildman–Crippen LogP) is 4.76. The van der Waals surface area contributed by atoms with Gasteiger partial charge in [0.2, 0.25) is 5.91 Å². The van der Waals surface area contributed by atoms with Crippen molar-refractivity contribution in [1.29, 1.82) is 0 Å². The van der Waals surface area contributed by atoms with Gasteiger partial charge in [0.15, 0.2) is 0 Å². The summed E-state index contributed by atoms with van der Waals surface area (Å²) >= 11 is 15.3. The Bertz CT molecular complexity index is 1140. The summed E-state index contributed by atoms with van der Waals surface area (Å²) < 4.78 is 0. The van der Waals surface area contributed by atoms with Crippen LogP contribution in [0.25, 0.3) is 10.2 Å². The molecule has 0 aliphatic heterocycles. The van der Waals surface area contributed by atoms with E-state index in [1.54, 1.807) is 35.2 Å². The minimum atomic E-state index is -0.0337. The summed E-state index contributed by atoms with van der Waals surface area (Å²) in [5.74, 6) is 1.92. The Kier molecular flexibility index (Phi) is 7.03. The van der Waals surface area contributed by atoms with Crippen LogP contribution in [0.4, 0.5) is 0 Å². The summed E-state index contributed by atoms with van der Waals surface area (Å²) in [5.41, 5.74) is 2.12. The minimum absolute atomic E-state index is 0.000766. The Morgan fingerprint density at radius 3 is 3.00 bits per heavy atom. The number of thioether (sulfide) groups is 1. The van der Waals surface area contributed by atoms with E-state index in [2.05, 4.69) is 15.3 Å². The summed E-state index contributed by atoms with van der Waals surface area (Å²) in [6, 6.07) is 5.37. The molecule has 0 unspecified atom stereocenters. The number of hydrogen-bond acceptors (Lipinski definition) is 5. The summed E-state index contributed by atoms with van der Waals surface area (Å²) in [6.45, 7) is 0.527. The average Bonchev–Trinajstić information content (AvgIpc) is 3.28. The van der Waals surface area contributed by atoms with Crippen LogP contribution < -0.4 is 10.9 Å². The molecule has 1 aliphatic rings. The number of hydrogen-bond donors (Lipinski definition) is 2. The SMILES string of the molecule is O=C(CCSCc1nc2sc3c(c2c(=O)[nH]1)CCC3)NCCc1ccc(Cl)cc1Cl. The molecular weight excluding hydrogens is 461 g/mol. The highest BCUT2D eigenvalue weighted by atomic mass is 35.5. The highest BCUT2D eigenvalue weighted by Crippen LogP contribution is 2.34. The second-order valence-corrected chi connectivity index (χ2v) is 10.2. The van der Waals surface area contributed by atoms with Crippen molar-refractivity contribution in [3.8, 4) is 0 Å². The number of halogens is 2. The number of rotatable bonds is 8. The molecule has 2 heterocycles. The molecule has 2 aromatic heterocycles. The molecule has 158 valence electrons. The van der Waals surface area contributed by atoms with Crippen LogP contribution in [0.1, 0.15) is 34.7 Å². The first-order chi connectivity index (χ1) is 14.5. The van der Waals surface area contributed by atoms with Crippen molar-refractivity contribution in [3.05, 3.63) is 60.4 Å². The average molecular weight is 482 g/mol. The van der Waals surface area contributed by atoms with Crippen LogP contribution in [0.3, 0.4) is 0 Å². The van der Waals surface area contributed by atoms with E-state index in [1.165, 1.54) is 10.4 Å². The van der Waals surface area contributed by atoms with Crippen LogP contribution >= 0.6 is 46.3 Å². The highest BCUT2D eigenvalue weighted by Gasteiger charge is 2.21. The van der Waals surface area contributed by atoms with Crippen LogP contribution in [-0.4, -0.2) is 28.2 Å². The van der Waals surface area contributed by atoms with Gasteiger partial charge in [-0.25, -0.2) is 4.98 Å². The van der Waals surface area contributed by atoms with E-state index in [4.69, 9.17) is 23.2 Å². The smallest absolute Gasteiger partial charge is 0.259 e. The van der Waals surface area contributed by atoms with E-state index < -0.39 is 0 Å². The number of aryl methyl sites for hydroxylation is 2. The second-order valence-electron chi connectivity index (χ2n) is 7.19. The molecule has 0 radical (unpaired) electrons. The second kappa shape index (κ2) is 9.73. The number of fused-ring (bicyclic) bond motifs is 3.